The van der Waals surface area contributed by atoms with Gasteiger partial charge in [0.1, 0.15) is 0 Å². The lowest BCUT2D eigenvalue weighted by atomic mass is 10.1. The molecular weight excluding hydrogens is 202 g/mol. The molecule has 1 rings (SSSR count). The van der Waals surface area contributed by atoms with Gasteiger partial charge in [-0.1, -0.05) is 13.8 Å². The maximum Gasteiger partial charge on any atom is 0.0854 e. The lowest BCUT2D eigenvalue weighted by Gasteiger charge is -2.17. The van der Waals surface area contributed by atoms with Crippen molar-refractivity contribution in [2.45, 2.75) is 59.1 Å². The van der Waals surface area contributed by atoms with Crippen molar-refractivity contribution in [3.8, 4) is 0 Å². The standard InChI is InChI=1S/C12H23N3O/c1-5-9-11(13)10(6-2)15(14-9)8-7-12(3,4)16/h16H,5-8,13H2,1-4H3. The Morgan fingerprint density at radius 2 is 1.94 bits per heavy atom. The number of hydrogen-bond acceptors (Lipinski definition) is 3. The van der Waals surface area contributed by atoms with Crippen LogP contribution in [0, 0.1) is 0 Å². The Morgan fingerprint density at radius 1 is 1.31 bits per heavy atom. The van der Waals surface area contributed by atoms with Gasteiger partial charge in [-0.2, -0.15) is 5.10 Å². The van der Waals surface area contributed by atoms with E-state index >= 15 is 0 Å². The molecule has 4 heteroatoms. The summed E-state index contributed by atoms with van der Waals surface area (Å²) in [5, 5.41) is 14.2. The van der Waals surface area contributed by atoms with Crippen LogP contribution in [0.4, 0.5) is 5.69 Å². The summed E-state index contributed by atoms with van der Waals surface area (Å²) in [6, 6.07) is 0. The Morgan fingerprint density at radius 3 is 2.38 bits per heavy atom. The lowest BCUT2D eigenvalue weighted by molar-refractivity contribution is 0.0648. The van der Waals surface area contributed by atoms with Crippen LogP contribution in [0.15, 0.2) is 0 Å². The fourth-order valence-electron chi connectivity index (χ4n) is 1.76. The molecule has 0 aliphatic carbocycles. The van der Waals surface area contributed by atoms with Crippen LogP contribution in [-0.2, 0) is 19.4 Å². The van der Waals surface area contributed by atoms with Crippen molar-refractivity contribution in [3.63, 3.8) is 0 Å². The van der Waals surface area contributed by atoms with Crippen molar-refractivity contribution in [2.75, 3.05) is 5.73 Å². The number of anilines is 1. The molecule has 1 aromatic heterocycles. The fourth-order valence-corrected chi connectivity index (χ4v) is 1.76. The highest BCUT2D eigenvalue weighted by molar-refractivity contribution is 5.48. The molecule has 92 valence electrons. The molecule has 0 atom stereocenters. The first kappa shape index (κ1) is 13.0. The minimum Gasteiger partial charge on any atom is -0.396 e. The average Bonchev–Trinajstić information content (AvgIpc) is 2.50. The van der Waals surface area contributed by atoms with E-state index in [4.69, 9.17) is 5.73 Å². The van der Waals surface area contributed by atoms with E-state index in [-0.39, 0.29) is 0 Å². The highest BCUT2D eigenvalue weighted by atomic mass is 16.3. The van der Waals surface area contributed by atoms with E-state index in [1.807, 2.05) is 18.5 Å². The second-order valence-electron chi connectivity index (χ2n) is 4.80. The number of aryl methyl sites for hydroxylation is 2. The minimum absolute atomic E-state index is 0.655. The Hall–Kier alpha value is -1.03. The molecular formula is C12H23N3O. The predicted molar refractivity (Wildman–Crippen MR) is 66.3 cm³/mol. The molecule has 0 spiro atoms. The van der Waals surface area contributed by atoms with E-state index in [2.05, 4.69) is 18.9 Å². The van der Waals surface area contributed by atoms with Gasteiger partial charge in [0.05, 0.1) is 22.7 Å². The van der Waals surface area contributed by atoms with Gasteiger partial charge in [-0.05, 0) is 33.1 Å². The van der Waals surface area contributed by atoms with Gasteiger partial charge < -0.3 is 10.8 Å². The summed E-state index contributed by atoms with van der Waals surface area (Å²) in [7, 11) is 0. The van der Waals surface area contributed by atoms with Crippen LogP contribution in [-0.4, -0.2) is 20.5 Å². The van der Waals surface area contributed by atoms with Crippen LogP contribution in [0.1, 0.15) is 45.5 Å². The van der Waals surface area contributed by atoms with Gasteiger partial charge in [-0.15, -0.1) is 0 Å². The van der Waals surface area contributed by atoms with Gasteiger partial charge >= 0.3 is 0 Å². The first-order valence-corrected chi connectivity index (χ1v) is 5.95. The summed E-state index contributed by atoms with van der Waals surface area (Å²) in [4.78, 5) is 0. The molecule has 0 aromatic carbocycles. The van der Waals surface area contributed by atoms with Crippen LogP contribution < -0.4 is 5.73 Å². The molecule has 1 aromatic rings. The van der Waals surface area contributed by atoms with Crippen LogP contribution >= 0.6 is 0 Å². The zero-order valence-electron chi connectivity index (χ0n) is 10.7. The summed E-state index contributed by atoms with van der Waals surface area (Å²) < 4.78 is 1.94. The second kappa shape index (κ2) is 4.87. The van der Waals surface area contributed by atoms with E-state index < -0.39 is 5.60 Å². The van der Waals surface area contributed by atoms with Crippen molar-refractivity contribution in [3.05, 3.63) is 11.4 Å². The van der Waals surface area contributed by atoms with E-state index in [0.717, 1.165) is 36.5 Å². The number of hydrogen-bond donors (Lipinski definition) is 2. The molecule has 0 saturated carbocycles. The number of nitrogens with two attached hydrogens (primary N) is 1. The molecule has 16 heavy (non-hydrogen) atoms. The highest BCUT2D eigenvalue weighted by Crippen LogP contribution is 2.20. The monoisotopic (exact) mass is 225 g/mol. The Kier molecular flexibility index (Phi) is 3.97. The third kappa shape index (κ3) is 2.98. The maximum atomic E-state index is 9.70. The molecule has 0 radical (unpaired) electrons. The topological polar surface area (TPSA) is 64.1 Å². The highest BCUT2D eigenvalue weighted by Gasteiger charge is 2.16. The van der Waals surface area contributed by atoms with E-state index in [1.165, 1.54) is 0 Å². The summed E-state index contributed by atoms with van der Waals surface area (Å²) >= 11 is 0. The van der Waals surface area contributed by atoms with Crippen LogP contribution in [0.5, 0.6) is 0 Å². The van der Waals surface area contributed by atoms with Crippen LogP contribution in [0.3, 0.4) is 0 Å². The molecule has 3 N–H and O–H groups in total. The molecule has 0 saturated heterocycles. The Balaban J connectivity index is 2.87. The van der Waals surface area contributed by atoms with Gasteiger partial charge in [0.15, 0.2) is 0 Å². The zero-order chi connectivity index (χ0) is 12.3. The number of rotatable bonds is 5. The smallest absolute Gasteiger partial charge is 0.0854 e. The van der Waals surface area contributed by atoms with E-state index in [1.54, 1.807) is 0 Å². The maximum absolute atomic E-state index is 9.70. The van der Waals surface area contributed by atoms with Crippen molar-refractivity contribution >= 4 is 5.69 Å². The van der Waals surface area contributed by atoms with E-state index in [0.29, 0.717) is 6.42 Å². The molecule has 1 heterocycles. The number of aliphatic hydroxyl groups is 1. The molecule has 0 unspecified atom stereocenters. The van der Waals surface area contributed by atoms with Crippen molar-refractivity contribution in [1.29, 1.82) is 0 Å². The predicted octanol–water partition coefficient (Wildman–Crippen LogP) is 1.75. The quantitative estimate of drug-likeness (QED) is 0.802. The molecule has 0 bridgehead atoms. The molecule has 0 fully saturated rings. The van der Waals surface area contributed by atoms with E-state index in [9.17, 15) is 5.11 Å². The Labute approximate surface area is 97.5 Å². The normalized spacial score (nSPS) is 12.1. The minimum atomic E-state index is -0.655. The average molecular weight is 225 g/mol. The van der Waals surface area contributed by atoms with Crippen LogP contribution in [0.25, 0.3) is 0 Å². The molecule has 0 aliphatic heterocycles. The summed E-state index contributed by atoms with van der Waals surface area (Å²) in [5.41, 5.74) is 8.23. The fraction of sp³-hybridized carbons (Fsp3) is 0.750. The zero-order valence-corrected chi connectivity index (χ0v) is 10.7. The van der Waals surface area contributed by atoms with Gasteiger partial charge in [0.25, 0.3) is 0 Å². The third-order valence-electron chi connectivity index (χ3n) is 2.78. The Bertz CT molecular complexity index is 350. The summed E-state index contributed by atoms with van der Waals surface area (Å²) in [6.07, 6.45) is 2.42. The van der Waals surface area contributed by atoms with Crippen molar-refractivity contribution in [1.82, 2.24) is 9.78 Å². The van der Waals surface area contributed by atoms with Gasteiger partial charge in [0.2, 0.25) is 0 Å². The summed E-state index contributed by atoms with van der Waals surface area (Å²) in [6.45, 7) is 8.47. The molecule has 0 aliphatic rings. The number of nitrogens with zero attached hydrogens (tertiary/aromatic N) is 2. The first-order chi connectivity index (χ1) is 7.39. The largest absolute Gasteiger partial charge is 0.396 e. The SMILES string of the molecule is CCc1nn(CCC(C)(C)O)c(CC)c1N. The van der Waals surface area contributed by atoms with Crippen molar-refractivity contribution < 1.29 is 5.11 Å². The summed E-state index contributed by atoms with van der Waals surface area (Å²) in [5.74, 6) is 0. The lowest BCUT2D eigenvalue weighted by Crippen LogP contribution is -2.22. The third-order valence-corrected chi connectivity index (χ3v) is 2.78. The van der Waals surface area contributed by atoms with Crippen molar-refractivity contribution in [2.24, 2.45) is 0 Å². The second-order valence-corrected chi connectivity index (χ2v) is 4.80. The van der Waals surface area contributed by atoms with Gasteiger partial charge in [-0.3, -0.25) is 4.68 Å². The van der Waals surface area contributed by atoms with Gasteiger partial charge in [0, 0.05) is 6.54 Å². The first-order valence-electron chi connectivity index (χ1n) is 5.95. The number of aromatic nitrogens is 2. The number of nitrogen functional groups attached to an aromatic ring is 1. The van der Waals surface area contributed by atoms with Crippen LogP contribution in [0.2, 0.25) is 0 Å². The molecule has 4 nitrogen and oxygen atoms in total. The van der Waals surface area contributed by atoms with Gasteiger partial charge in [-0.25, -0.2) is 0 Å². The molecule has 0 amide bonds.